The lowest BCUT2D eigenvalue weighted by molar-refractivity contribution is 0.121. The van der Waals surface area contributed by atoms with Gasteiger partial charge in [0.25, 0.3) is 0 Å². The van der Waals surface area contributed by atoms with Crippen molar-refractivity contribution in [2.45, 2.75) is 26.8 Å². The molecule has 1 fully saturated rings. The van der Waals surface area contributed by atoms with Crippen LogP contribution in [0.25, 0.3) is 33.3 Å². The van der Waals surface area contributed by atoms with E-state index in [1.165, 1.54) is 0 Å². The van der Waals surface area contributed by atoms with E-state index in [2.05, 4.69) is 50.1 Å². The smallest absolute Gasteiger partial charge is 0.227 e. The minimum absolute atomic E-state index is 0.0722. The summed E-state index contributed by atoms with van der Waals surface area (Å²) in [6.45, 7) is 8.95. The Kier molecular flexibility index (Phi) is 6.33. The number of nitrogens with one attached hydrogen (secondary N) is 1. The Hall–Kier alpha value is -3.81. The van der Waals surface area contributed by atoms with Gasteiger partial charge in [-0.2, -0.15) is 0 Å². The maximum Gasteiger partial charge on any atom is 0.227 e. The maximum atomic E-state index is 12.7. The zero-order valence-corrected chi connectivity index (χ0v) is 22.7. The van der Waals surface area contributed by atoms with E-state index in [0.29, 0.717) is 55.1 Å². The number of hydrogen-bond acceptors (Lipinski definition) is 8. The summed E-state index contributed by atoms with van der Waals surface area (Å²) in [7, 11) is 2.80. The summed E-state index contributed by atoms with van der Waals surface area (Å²) in [6, 6.07) is 13.4. The van der Waals surface area contributed by atoms with Gasteiger partial charge in [0.15, 0.2) is 11.3 Å². The van der Waals surface area contributed by atoms with Crippen LogP contribution in [0.3, 0.4) is 0 Å². The second kappa shape index (κ2) is 9.82. The minimum Gasteiger partial charge on any atom is -0.440 e. The summed E-state index contributed by atoms with van der Waals surface area (Å²) in [4.78, 5) is 28.7. The first kappa shape index (κ1) is 24.5. The number of rotatable bonds is 5. The average Bonchev–Trinajstić information content (AvgIpc) is 3.26. The predicted octanol–water partition coefficient (Wildman–Crippen LogP) is 4.57. The zero-order valence-electron chi connectivity index (χ0n) is 21.6. The molecule has 0 spiro atoms. The molecule has 0 radical (unpaired) electrons. The van der Waals surface area contributed by atoms with Crippen molar-refractivity contribution in [3.05, 3.63) is 64.7 Å². The highest BCUT2D eigenvalue weighted by atomic mass is 31.0. The molecule has 9 nitrogen and oxygen atoms in total. The number of hydrogen-bond donors (Lipinski definition) is 1. The summed E-state index contributed by atoms with van der Waals surface area (Å²) in [6.07, 6.45) is 1.74. The van der Waals surface area contributed by atoms with Gasteiger partial charge >= 0.3 is 0 Å². The molecule has 1 saturated heterocycles. The van der Waals surface area contributed by atoms with Gasteiger partial charge in [0.2, 0.25) is 5.95 Å². The van der Waals surface area contributed by atoms with Crippen LogP contribution in [0.1, 0.15) is 25.7 Å². The summed E-state index contributed by atoms with van der Waals surface area (Å²) in [5, 5.41) is 4.82. The molecular formula is C28H29N6O3P. The number of anilines is 3. The average molecular weight is 529 g/mol. The molecule has 4 heterocycles. The summed E-state index contributed by atoms with van der Waals surface area (Å²) in [5.74, 6) is 1.99. The van der Waals surface area contributed by atoms with Crippen LogP contribution >= 0.6 is 9.24 Å². The molecule has 1 N–H and O–H groups in total. The van der Waals surface area contributed by atoms with E-state index < -0.39 is 0 Å². The van der Waals surface area contributed by atoms with Gasteiger partial charge in [-0.1, -0.05) is 0 Å². The molecule has 0 amide bonds. The van der Waals surface area contributed by atoms with Crippen molar-refractivity contribution in [1.82, 2.24) is 19.5 Å². The van der Waals surface area contributed by atoms with Gasteiger partial charge in [0.1, 0.15) is 11.4 Å². The van der Waals surface area contributed by atoms with E-state index in [1.807, 2.05) is 30.0 Å². The molecule has 194 valence electrons. The fourth-order valence-electron chi connectivity index (χ4n) is 5.00. The van der Waals surface area contributed by atoms with Crippen LogP contribution < -0.4 is 21.0 Å². The maximum absolute atomic E-state index is 12.7. The van der Waals surface area contributed by atoms with Crippen molar-refractivity contribution in [1.29, 1.82) is 0 Å². The molecule has 1 aliphatic heterocycles. The van der Waals surface area contributed by atoms with E-state index >= 15 is 0 Å². The molecule has 3 aromatic heterocycles. The minimum atomic E-state index is -0.0722. The monoisotopic (exact) mass is 528 g/mol. The Balaban J connectivity index is 1.33. The van der Waals surface area contributed by atoms with Crippen molar-refractivity contribution < 1.29 is 9.15 Å². The number of aromatic nitrogens is 4. The number of ether oxygens (including phenoxy) is 1. The molecule has 0 aliphatic carbocycles. The molecule has 0 bridgehead atoms. The van der Waals surface area contributed by atoms with E-state index in [1.54, 1.807) is 18.3 Å². The van der Waals surface area contributed by atoms with Gasteiger partial charge in [-0.15, -0.1) is 9.24 Å². The SMILES string of the molecule is Cc1nc2c(P)cc(-c3ccnc(Nc4ccc5c(=O)cc(N6CCOCC6)oc5c4)n3)cc2n1C(C)C. The molecule has 38 heavy (non-hydrogen) atoms. The molecule has 1 atom stereocenters. The molecule has 1 aliphatic rings. The third kappa shape index (κ3) is 4.52. The largest absolute Gasteiger partial charge is 0.440 e. The highest BCUT2D eigenvalue weighted by Crippen LogP contribution is 2.28. The third-order valence-electron chi connectivity index (χ3n) is 6.76. The summed E-state index contributed by atoms with van der Waals surface area (Å²) >= 11 is 0. The number of imidazole rings is 1. The summed E-state index contributed by atoms with van der Waals surface area (Å²) < 4.78 is 13.8. The Morgan fingerprint density at radius 1 is 1.05 bits per heavy atom. The lowest BCUT2D eigenvalue weighted by Crippen LogP contribution is -2.36. The van der Waals surface area contributed by atoms with Crippen molar-refractivity contribution in [3.63, 3.8) is 0 Å². The fourth-order valence-corrected chi connectivity index (χ4v) is 5.40. The first-order valence-electron chi connectivity index (χ1n) is 12.7. The van der Waals surface area contributed by atoms with E-state index in [9.17, 15) is 4.79 Å². The number of benzene rings is 2. The van der Waals surface area contributed by atoms with Gasteiger partial charge < -0.3 is 23.9 Å². The molecule has 6 rings (SSSR count). The standard InChI is InChI=1S/C28H29N6O3P/c1-16(2)34-17(3)30-27-22(34)12-18(13-25(27)38)21-6-7-29-28(32-21)31-19-4-5-20-23(35)15-26(37-24(20)14-19)33-8-10-36-11-9-33/h4-7,12-16H,8-11,38H2,1-3H3,(H,29,31,32). The van der Waals surface area contributed by atoms with Crippen LogP contribution in [0.15, 0.2) is 57.9 Å². The normalized spacial score (nSPS) is 14.1. The summed E-state index contributed by atoms with van der Waals surface area (Å²) in [5.41, 5.74) is 5.00. The number of aryl methyl sites for hydroxylation is 1. The molecular weight excluding hydrogens is 499 g/mol. The Morgan fingerprint density at radius 3 is 2.66 bits per heavy atom. The molecule has 5 aromatic rings. The van der Waals surface area contributed by atoms with E-state index in [-0.39, 0.29) is 5.43 Å². The third-order valence-corrected chi connectivity index (χ3v) is 7.20. The molecule has 10 heteroatoms. The molecule has 1 unspecified atom stereocenters. The number of nitrogens with zero attached hydrogens (tertiary/aromatic N) is 5. The number of morpholine rings is 1. The quantitative estimate of drug-likeness (QED) is 0.332. The second-order valence-electron chi connectivity index (χ2n) is 9.71. The van der Waals surface area contributed by atoms with Gasteiger partial charge in [-0.25, -0.2) is 15.0 Å². The van der Waals surface area contributed by atoms with Gasteiger partial charge in [-0.3, -0.25) is 4.79 Å². The van der Waals surface area contributed by atoms with Gasteiger partial charge in [-0.05, 0) is 56.4 Å². The fraction of sp³-hybridized carbons (Fsp3) is 0.286. The van der Waals surface area contributed by atoms with Crippen LogP contribution in [0.2, 0.25) is 0 Å². The van der Waals surface area contributed by atoms with E-state index in [0.717, 1.165) is 39.1 Å². The molecule has 0 saturated carbocycles. The second-order valence-corrected chi connectivity index (χ2v) is 10.3. The highest BCUT2D eigenvalue weighted by molar-refractivity contribution is 7.28. The van der Waals surface area contributed by atoms with Crippen molar-refractivity contribution in [2.75, 3.05) is 36.5 Å². The van der Waals surface area contributed by atoms with Crippen LogP contribution in [0.5, 0.6) is 0 Å². The van der Waals surface area contributed by atoms with Crippen molar-refractivity contribution in [2.24, 2.45) is 0 Å². The first-order chi connectivity index (χ1) is 18.4. The van der Waals surface area contributed by atoms with Crippen LogP contribution in [0, 0.1) is 6.92 Å². The first-order valence-corrected chi connectivity index (χ1v) is 13.2. The lowest BCUT2D eigenvalue weighted by Gasteiger charge is -2.27. The molecule has 2 aromatic carbocycles. The topological polar surface area (TPSA) is 98.3 Å². The predicted molar refractivity (Wildman–Crippen MR) is 154 cm³/mol. The van der Waals surface area contributed by atoms with Crippen molar-refractivity contribution in [3.8, 4) is 11.3 Å². The van der Waals surface area contributed by atoms with Crippen LogP contribution in [0.4, 0.5) is 17.5 Å². The Bertz CT molecular complexity index is 1720. The van der Waals surface area contributed by atoms with E-state index in [4.69, 9.17) is 19.1 Å². The number of fused-ring (bicyclic) bond motifs is 2. The van der Waals surface area contributed by atoms with Crippen molar-refractivity contribution >= 4 is 54.1 Å². The highest BCUT2D eigenvalue weighted by Gasteiger charge is 2.17. The van der Waals surface area contributed by atoms with Gasteiger partial charge in [0, 0.05) is 48.7 Å². The Labute approximate surface area is 222 Å². The van der Waals surface area contributed by atoms with Crippen LogP contribution in [-0.4, -0.2) is 45.8 Å². The zero-order chi connectivity index (χ0) is 26.4. The van der Waals surface area contributed by atoms with Crippen LogP contribution in [-0.2, 0) is 4.74 Å². The lowest BCUT2D eigenvalue weighted by atomic mass is 10.1. The Morgan fingerprint density at radius 2 is 1.87 bits per heavy atom. The van der Waals surface area contributed by atoms with Gasteiger partial charge in [0.05, 0.1) is 35.3 Å².